The number of hydrogen-bond donors (Lipinski definition) is 0. The molecule has 0 fully saturated rings. The van der Waals surface area contributed by atoms with Crippen LogP contribution in [0.25, 0.3) is 11.3 Å². The van der Waals surface area contributed by atoms with E-state index in [1.165, 1.54) is 0 Å². The maximum Gasteiger partial charge on any atom is 0.254 e. The van der Waals surface area contributed by atoms with Gasteiger partial charge in [-0.25, -0.2) is 4.98 Å². The van der Waals surface area contributed by atoms with Gasteiger partial charge in [-0.3, -0.25) is 14.8 Å². The summed E-state index contributed by atoms with van der Waals surface area (Å²) >= 11 is 0. The zero-order chi connectivity index (χ0) is 22.8. The summed E-state index contributed by atoms with van der Waals surface area (Å²) in [6.45, 7) is 5.27. The van der Waals surface area contributed by atoms with Gasteiger partial charge in [0.2, 0.25) is 5.88 Å². The Kier molecular flexibility index (Phi) is 5.56. The number of aromatic nitrogens is 4. The van der Waals surface area contributed by atoms with Crippen molar-refractivity contribution in [1.82, 2.24) is 25.0 Å². The standard InChI is InChI=1S/C25H23N5O3/c1-16-3-4-20(12-27-16)24-22(17(2)33-29-24)15-32-23-11-19-7-10-30(14-21(19)13-28-23)25(31)18-5-8-26-9-6-18/h3-6,8-9,11-13H,7,10,14-15H2,1-2H3. The highest BCUT2D eigenvalue weighted by Crippen LogP contribution is 2.27. The van der Waals surface area contributed by atoms with Gasteiger partial charge < -0.3 is 14.2 Å². The molecular weight excluding hydrogens is 418 g/mol. The van der Waals surface area contributed by atoms with Gasteiger partial charge in [-0.1, -0.05) is 5.16 Å². The van der Waals surface area contributed by atoms with Crippen molar-refractivity contribution >= 4 is 5.91 Å². The number of carbonyl (C=O) groups excluding carboxylic acids is 1. The first-order chi connectivity index (χ1) is 16.1. The molecule has 0 spiro atoms. The summed E-state index contributed by atoms with van der Waals surface area (Å²) in [6.07, 6.45) is 7.59. The van der Waals surface area contributed by atoms with Gasteiger partial charge in [0.1, 0.15) is 18.1 Å². The monoisotopic (exact) mass is 441 g/mol. The molecule has 5 rings (SSSR count). The van der Waals surface area contributed by atoms with E-state index in [9.17, 15) is 4.79 Å². The first kappa shape index (κ1) is 20.8. The fourth-order valence-electron chi connectivity index (χ4n) is 3.89. The normalized spacial score (nSPS) is 13.0. The maximum absolute atomic E-state index is 12.7. The van der Waals surface area contributed by atoms with Crippen molar-refractivity contribution in [2.24, 2.45) is 0 Å². The topological polar surface area (TPSA) is 94.2 Å². The zero-order valence-corrected chi connectivity index (χ0v) is 18.5. The van der Waals surface area contributed by atoms with E-state index in [0.29, 0.717) is 30.3 Å². The molecule has 4 aromatic heterocycles. The number of fused-ring (bicyclic) bond motifs is 1. The molecule has 0 unspecified atom stereocenters. The quantitative estimate of drug-likeness (QED) is 0.463. The van der Waals surface area contributed by atoms with Crippen molar-refractivity contribution in [3.05, 3.63) is 88.8 Å². The summed E-state index contributed by atoms with van der Waals surface area (Å²) < 4.78 is 11.4. The number of amides is 1. The third-order valence-corrected chi connectivity index (χ3v) is 5.82. The molecule has 0 bridgehead atoms. The van der Waals surface area contributed by atoms with E-state index in [1.807, 2.05) is 36.9 Å². The van der Waals surface area contributed by atoms with Gasteiger partial charge in [-0.05, 0) is 55.7 Å². The lowest BCUT2D eigenvalue weighted by molar-refractivity contribution is 0.0734. The lowest BCUT2D eigenvalue weighted by Gasteiger charge is -2.28. The van der Waals surface area contributed by atoms with Gasteiger partial charge in [0.25, 0.3) is 5.91 Å². The van der Waals surface area contributed by atoms with Crippen LogP contribution in [-0.4, -0.2) is 37.5 Å². The Morgan fingerprint density at radius 3 is 2.73 bits per heavy atom. The van der Waals surface area contributed by atoms with E-state index in [2.05, 4.69) is 20.1 Å². The Bertz CT molecular complexity index is 1290. The maximum atomic E-state index is 12.7. The summed E-state index contributed by atoms with van der Waals surface area (Å²) in [6, 6.07) is 9.35. The van der Waals surface area contributed by atoms with Gasteiger partial charge in [0.05, 0.1) is 5.56 Å². The Morgan fingerprint density at radius 1 is 1.09 bits per heavy atom. The lowest BCUT2D eigenvalue weighted by Crippen LogP contribution is -2.36. The van der Waals surface area contributed by atoms with Gasteiger partial charge >= 0.3 is 0 Å². The van der Waals surface area contributed by atoms with E-state index in [1.54, 1.807) is 36.9 Å². The zero-order valence-electron chi connectivity index (χ0n) is 18.5. The summed E-state index contributed by atoms with van der Waals surface area (Å²) in [7, 11) is 0. The van der Waals surface area contributed by atoms with Crippen LogP contribution in [0, 0.1) is 13.8 Å². The fourth-order valence-corrected chi connectivity index (χ4v) is 3.89. The molecule has 1 amide bonds. The minimum atomic E-state index is 0.00411. The van der Waals surface area contributed by atoms with E-state index < -0.39 is 0 Å². The van der Waals surface area contributed by atoms with Crippen LogP contribution < -0.4 is 4.74 Å². The van der Waals surface area contributed by atoms with Crippen LogP contribution in [0.1, 0.15) is 38.5 Å². The number of nitrogens with zero attached hydrogens (tertiary/aromatic N) is 5. The van der Waals surface area contributed by atoms with Gasteiger partial charge in [0, 0.05) is 60.8 Å². The number of carbonyl (C=O) groups is 1. The van der Waals surface area contributed by atoms with Gasteiger partial charge in [0.15, 0.2) is 0 Å². The highest BCUT2D eigenvalue weighted by molar-refractivity contribution is 5.94. The first-order valence-electron chi connectivity index (χ1n) is 10.8. The molecule has 1 aliphatic heterocycles. The Labute approximate surface area is 191 Å². The number of aryl methyl sites for hydroxylation is 2. The number of rotatable bonds is 5. The van der Waals surface area contributed by atoms with Crippen LogP contribution in [0.3, 0.4) is 0 Å². The van der Waals surface area contributed by atoms with Crippen LogP contribution in [0.5, 0.6) is 5.88 Å². The molecule has 4 aromatic rings. The SMILES string of the molecule is Cc1ccc(-c2noc(C)c2COc2cc3c(cn2)CN(C(=O)c2ccncc2)CC3)cn1. The molecule has 33 heavy (non-hydrogen) atoms. The molecule has 0 aliphatic carbocycles. The predicted octanol–water partition coefficient (Wildman–Crippen LogP) is 3.92. The molecule has 0 N–H and O–H groups in total. The van der Waals surface area contributed by atoms with Gasteiger partial charge in [-0.15, -0.1) is 0 Å². The van der Waals surface area contributed by atoms with E-state index in [0.717, 1.165) is 40.1 Å². The van der Waals surface area contributed by atoms with Crippen molar-refractivity contribution in [2.45, 2.75) is 33.4 Å². The first-order valence-corrected chi connectivity index (χ1v) is 10.8. The number of pyridine rings is 3. The molecule has 1 aliphatic rings. The average molecular weight is 441 g/mol. The third-order valence-electron chi connectivity index (χ3n) is 5.82. The van der Waals surface area contributed by atoms with Crippen molar-refractivity contribution in [3.8, 4) is 17.1 Å². The molecule has 166 valence electrons. The average Bonchev–Trinajstić information content (AvgIpc) is 3.23. The molecule has 0 atom stereocenters. The summed E-state index contributed by atoms with van der Waals surface area (Å²) in [5, 5.41) is 4.19. The van der Waals surface area contributed by atoms with E-state index in [4.69, 9.17) is 9.26 Å². The molecule has 0 saturated carbocycles. The van der Waals surface area contributed by atoms with Crippen LogP contribution in [-0.2, 0) is 19.6 Å². The molecule has 0 saturated heterocycles. The van der Waals surface area contributed by atoms with Crippen molar-refractivity contribution in [2.75, 3.05) is 6.54 Å². The molecule has 8 nitrogen and oxygen atoms in total. The number of hydrogen-bond acceptors (Lipinski definition) is 7. The van der Waals surface area contributed by atoms with Crippen molar-refractivity contribution in [1.29, 1.82) is 0 Å². The summed E-state index contributed by atoms with van der Waals surface area (Å²) in [4.78, 5) is 27.4. The van der Waals surface area contributed by atoms with Crippen LogP contribution in [0.2, 0.25) is 0 Å². The summed E-state index contributed by atoms with van der Waals surface area (Å²) in [5.41, 5.74) is 6.24. The minimum absolute atomic E-state index is 0.00411. The number of ether oxygens (including phenoxy) is 1. The second kappa shape index (κ2) is 8.82. The van der Waals surface area contributed by atoms with E-state index in [-0.39, 0.29) is 12.5 Å². The van der Waals surface area contributed by atoms with Crippen LogP contribution in [0.15, 0.2) is 59.6 Å². The largest absolute Gasteiger partial charge is 0.473 e. The smallest absolute Gasteiger partial charge is 0.254 e. The highest BCUT2D eigenvalue weighted by atomic mass is 16.5. The van der Waals surface area contributed by atoms with Crippen molar-refractivity contribution < 1.29 is 14.1 Å². The van der Waals surface area contributed by atoms with Crippen LogP contribution in [0.4, 0.5) is 0 Å². The third kappa shape index (κ3) is 4.32. The lowest BCUT2D eigenvalue weighted by atomic mass is 10.0. The minimum Gasteiger partial charge on any atom is -0.473 e. The van der Waals surface area contributed by atoms with Gasteiger partial charge in [-0.2, -0.15) is 0 Å². The molecule has 0 aromatic carbocycles. The Hall–Kier alpha value is -4.07. The second-order valence-corrected chi connectivity index (χ2v) is 8.05. The molecule has 0 radical (unpaired) electrons. The predicted molar refractivity (Wildman–Crippen MR) is 120 cm³/mol. The van der Waals surface area contributed by atoms with Crippen LogP contribution >= 0.6 is 0 Å². The highest BCUT2D eigenvalue weighted by Gasteiger charge is 2.23. The Balaban J connectivity index is 1.28. The molecule has 8 heteroatoms. The van der Waals surface area contributed by atoms with E-state index >= 15 is 0 Å². The second-order valence-electron chi connectivity index (χ2n) is 8.05. The van der Waals surface area contributed by atoms with Crippen molar-refractivity contribution in [3.63, 3.8) is 0 Å². The fraction of sp³-hybridized carbons (Fsp3) is 0.240. The Morgan fingerprint density at radius 2 is 1.94 bits per heavy atom. The molecular formula is C25H23N5O3. The summed E-state index contributed by atoms with van der Waals surface area (Å²) in [5.74, 6) is 1.24. The molecule has 5 heterocycles.